The Morgan fingerprint density at radius 2 is 2.21 bits per heavy atom. The lowest BCUT2D eigenvalue weighted by atomic mass is 10.0. The maximum Gasteiger partial charge on any atom is 0.317 e. The van der Waals surface area contributed by atoms with Gasteiger partial charge in [0.25, 0.3) is 0 Å². The highest BCUT2D eigenvalue weighted by molar-refractivity contribution is 5.74. The van der Waals surface area contributed by atoms with Crippen LogP contribution in [0.2, 0.25) is 0 Å². The molecule has 2 atom stereocenters. The lowest BCUT2D eigenvalue weighted by molar-refractivity contribution is -0.137. The Bertz CT molecular complexity index is 310. The van der Waals surface area contributed by atoms with Gasteiger partial charge < -0.3 is 21.1 Å². The molecule has 0 aliphatic carbocycles. The molecule has 6 heteroatoms. The normalized spacial score (nSPS) is 20.9. The van der Waals surface area contributed by atoms with Crippen molar-refractivity contribution in [3.05, 3.63) is 0 Å². The number of carboxylic acid groups (broad SMARTS) is 1. The molecule has 1 fully saturated rings. The van der Waals surface area contributed by atoms with E-state index in [-0.39, 0.29) is 18.5 Å². The van der Waals surface area contributed by atoms with Crippen molar-refractivity contribution < 1.29 is 14.7 Å². The van der Waals surface area contributed by atoms with Crippen LogP contribution >= 0.6 is 0 Å². The van der Waals surface area contributed by atoms with Crippen molar-refractivity contribution in [2.45, 2.75) is 45.1 Å². The summed E-state index contributed by atoms with van der Waals surface area (Å²) in [7, 11) is 0. The minimum Gasteiger partial charge on any atom is -0.481 e. The second kappa shape index (κ2) is 7.99. The van der Waals surface area contributed by atoms with Crippen molar-refractivity contribution >= 4 is 12.0 Å². The highest BCUT2D eigenvalue weighted by Gasteiger charge is 2.20. The summed E-state index contributed by atoms with van der Waals surface area (Å²) in [5, 5.41) is 11.5. The summed E-state index contributed by atoms with van der Waals surface area (Å²) in [5.41, 5.74) is 5.83. The Morgan fingerprint density at radius 1 is 1.47 bits per heavy atom. The average molecular weight is 271 g/mol. The molecule has 0 radical (unpaired) electrons. The van der Waals surface area contributed by atoms with Crippen molar-refractivity contribution in [1.29, 1.82) is 0 Å². The molecule has 0 aromatic rings. The number of rotatable bonds is 6. The number of amides is 2. The number of nitrogens with zero attached hydrogens (tertiary/aromatic N) is 1. The highest BCUT2D eigenvalue weighted by atomic mass is 16.4. The number of nitrogens with one attached hydrogen (secondary N) is 1. The number of hydrogen-bond donors (Lipinski definition) is 3. The number of carboxylic acids is 1. The molecule has 0 aromatic heterocycles. The maximum absolute atomic E-state index is 11.9. The van der Waals surface area contributed by atoms with Crippen LogP contribution in [0.5, 0.6) is 0 Å². The summed E-state index contributed by atoms with van der Waals surface area (Å²) >= 11 is 0. The van der Waals surface area contributed by atoms with Crippen molar-refractivity contribution in [1.82, 2.24) is 10.2 Å². The number of piperidine rings is 1. The van der Waals surface area contributed by atoms with Gasteiger partial charge in [-0.15, -0.1) is 0 Å². The number of nitrogens with two attached hydrogens (primary N) is 1. The van der Waals surface area contributed by atoms with Gasteiger partial charge in [-0.3, -0.25) is 4.79 Å². The molecule has 0 aromatic carbocycles. The molecule has 1 aliphatic rings. The molecule has 110 valence electrons. The van der Waals surface area contributed by atoms with Crippen molar-refractivity contribution in [3.63, 3.8) is 0 Å². The van der Waals surface area contributed by atoms with Gasteiger partial charge in [-0.25, -0.2) is 4.79 Å². The number of likely N-dealkylation sites (tertiary alicyclic amines) is 1. The first-order valence-corrected chi connectivity index (χ1v) is 6.99. The van der Waals surface area contributed by atoms with E-state index in [4.69, 9.17) is 10.8 Å². The van der Waals surface area contributed by atoms with E-state index in [0.717, 1.165) is 25.8 Å². The van der Waals surface area contributed by atoms with Gasteiger partial charge >= 0.3 is 12.0 Å². The minimum absolute atomic E-state index is 0.0550. The van der Waals surface area contributed by atoms with Crippen molar-refractivity contribution in [2.24, 2.45) is 11.7 Å². The molecule has 19 heavy (non-hydrogen) atoms. The molecule has 1 heterocycles. The van der Waals surface area contributed by atoms with E-state index in [9.17, 15) is 9.59 Å². The van der Waals surface area contributed by atoms with Crippen LogP contribution in [-0.4, -0.2) is 47.7 Å². The van der Waals surface area contributed by atoms with Gasteiger partial charge in [0.1, 0.15) is 0 Å². The molecule has 0 spiro atoms. The fourth-order valence-corrected chi connectivity index (χ4v) is 2.25. The fraction of sp³-hybridized carbons (Fsp3) is 0.846. The van der Waals surface area contributed by atoms with E-state index < -0.39 is 5.97 Å². The fourth-order valence-electron chi connectivity index (χ4n) is 2.25. The summed E-state index contributed by atoms with van der Waals surface area (Å²) in [6, 6.07) is 0.0366. The summed E-state index contributed by atoms with van der Waals surface area (Å²) < 4.78 is 0. The molecular formula is C13H25N3O3. The first-order chi connectivity index (χ1) is 8.99. The van der Waals surface area contributed by atoms with Crippen LogP contribution < -0.4 is 11.1 Å². The van der Waals surface area contributed by atoms with Crippen LogP contribution in [0.3, 0.4) is 0 Å². The monoisotopic (exact) mass is 271 g/mol. The van der Waals surface area contributed by atoms with E-state index in [1.54, 1.807) is 4.90 Å². The maximum atomic E-state index is 11.9. The van der Waals surface area contributed by atoms with E-state index in [2.05, 4.69) is 5.32 Å². The molecule has 0 saturated carbocycles. The Hall–Kier alpha value is -1.30. The number of hydrogen-bond acceptors (Lipinski definition) is 3. The average Bonchev–Trinajstić information content (AvgIpc) is 2.36. The zero-order valence-corrected chi connectivity index (χ0v) is 11.6. The van der Waals surface area contributed by atoms with E-state index in [0.29, 0.717) is 25.4 Å². The quantitative estimate of drug-likeness (QED) is 0.672. The van der Waals surface area contributed by atoms with Gasteiger partial charge in [0.05, 0.1) is 0 Å². The van der Waals surface area contributed by atoms with Crippen LogP contribution in [0.4, 0.5) is 4.79 Å². The van der Waals surface area contributed by atoms with E-state index in [1.807, 2.05) is 6.92 Å². The minimum atomic E-state index is -0.766. The number of aliphatic carboxylic acids is 1. The summed E-state index contributed by atoms with van der Waals surface area (Å²) in [5.74, 6) is -0.460. The zero-order chi connectivity index (χ0) is 14.3. The smallest absolute Gasteiger partial charge is 0.317 e. The number of carbonyl (C=O) groups excluding carboxylic acids is 1. The van der Waals surface area contributed by atoms with Crippen LogP contribution in [0, 0.1) is 5.92 Å². The first kappa shape index (κ1) is 15.8. The van der Waals surface area contributed by atoms with Gasteiger partial charge in [0.2, 0.25) is 0 Å². The van der Waals surface area contributed by atoms with Gasteiger partial charge in [-0.2, -0.15) is 0 Å². The largest absolute Gasteiger partial charge is 0.481 e. The van der Waals surface area contributed by atoms with Gasteiger partial charge in [-0.1, -0.05) is 6.92 Å². The highest BCUT2D eigenvalue weighted by Crippen LogP contribution is 2.10. The predicted molar refractivity (Wildman–Crippen MR) is 72.8 cm³/mol. The first-order valence-electron chi connectivity index (χ1n) is 6.99. The van der Waals surface area contributed by atoms with Crippen molar-refractivity contribution in [2.75, 3.05) is 19.6 Å². The van der Waals surface area contributed by atoms with Crippen LogP contribution in [0.25, 0.3) is 0 Å². The molecule has 2 amide bonds. The molecule has 1 rings (SSSR count). The standard InChI is InChI=1S/C13H25N3O3/c1-10(4-5-12(17)18)6-7-15-13(19)16-8-2-3-11(14)9-16/h10-11H,2-9,14H2,1H3,(H,15,19)(H,17,18). The van der Waals surface area contributed by atoms with Crippen LogP contribution in [0.15, 0.2) is 0 Å². The molecule has 1 saturated heterocycles. The van der Waals surface area contributed by atoms with Crippen molar-refractivity contribution in [3.8, 4) is 0 Å². The predicted octanol–water partition coefficient (Wildman–Crippen LogP) is 1.01. The van der Waals surface area contributed by atoms with Gasteiger partial charge in [-0.05, 0) is 31.6 Å². The van der Waals surface area contributed by atoms with Gasteiger partial charge in [0.15, 0.2) is 0 Å². The van der Waals surface area contributed by atoms with Crippen LogP contribution in [0.1, 0.15) is 39.0 Å². The topological polar surface area (TPSA) is 95.7 Å². The Kier molecular flexibility index (Phi) is 6.62. The summed E-state index contributed by atoms with van der Waals surface area (Å²) in [6.45, 7) is 3.99. The molecule has 4 N–H and O–H groups in total. The Balaban J connectivity index is 2.14. The number of carbonyl (C=O) groups is 2. The molecule has 1 aliphatic heterocycles. The lowest BCUT2D eigenvalue weighted by Crippen LogP contribution is -2.49. The Labute approximate surface area is 114 Å². The van der Waals surface area contributed by atoms with Gasteiger partial charge in [0, 0.05) is 32.1 Å². The molecule has 0 bridgehead atoms. The second-order valence-corrected chi connectivity index (χ2v) is 5.41. The second-order valence-electron chi connectivity index (χ2n) is 5.41. The number of urea groups is 1. The molecule has 6 nitrogen and oxygen atoms in total. The SMILES string of the molecule is CC(CCNC(=O)N1CCCC(N)C1)CCC(=O)O. The third-order valence-corrected chi connectivity index (χ3v) is 3.51. The van der Waals surface area contributed by atoms with E-state index >= 15 is 0 Å². The van der Waals surface area contributed by atoms with Crippen LogP contribution in [-0.2, 0) is 4.79 Å². The third kappa shape index (κ3) is 6.42. The summed E-state index contributed by atoms with van der Waals surface area (Å²) in [6.07, 6.45) is 3.59. The molecule has 2 unspecified atom stereocenters. The Morgan fingerprint density at radius 3 is 2.84 bits per heavy atom. The molecular weight excluding hydrogens is 246 g/mol. The summed E-state index contributed by atoms with van der Waals surface area (Å²) in [4.78, 5) is 24.1. The third-order valence-electron chi connectivity index (χ3n) is 3.51. The zero-order valence-electron chi connectivity index (χ0n) is 11.6. The van der Waals surface area contributed by atoms with E-state index in [1.165, 1.54) is 0 Å². The lowest BCUT2D eigenvalue weighted by Gasteiger charge is -2.30.